The standard InChI is InChI=1S/C17H24N2O2/c1-16(2)7-12-8-17(3,9-16)10-19(12)15(20)13-6-14(21-18-13)11-4-5-11/h6,11-12H,4-5,7-10H2,1-3H3/t12-,17-/m0/s1. The van der Waals surface area contributed by atoms with Gasteiger partial charge in [-0.25, -0.2) is 0 Å². The summed E-state index contributed by atoms with van der Waals surface area (Å²) >= 11 is 0. The van der Waals surface area contributed by atoms with Crippen LogP contribution in [0.3, 0.4) is 0 Å². The third-order valence-corrected chi connectivity index (χ3v) is 5.40. The smallest absolute Gasteiger partial charge is 0.276 e. The van der Waals surface area contributed by atoms with Crippen LogP contribution in [-0.4, -0.2) is 28.6 Å². The molecule has 1 saturated heterocycles. The van der Waals surface area contributed by atoms with Crippen molar-refractivity contribution in [1.29, 1.82) is 0 Å². The van der Waals surface area contributed by atoms with Gasteiger partial charge in [-0.3, -0.25) is 4.79 Å². The first-order valence-corrected chi connectivity index (χ1v) is 8.13. The first-order chi connectivity index (χ1) is 9.85. The maximum atomic E-state index is 12.8. The summed E-state index contributed by atoms with van der Waals surface area (Å²) in [6.45, 7) is 7.84. The van der Waals surface area contributed by atoms with E-state index in [4.69, 9.17) is 4.52 Å². The Morgan fingerprint density at radius 3 is 2.81 bits per heavy atom. The fourth-order valence-corrected chi connectivity index (χ4v) is 4.79. The number of rotatable bonds is 2. The van der Waals surface area contributed by atoms with Gasteiger partial charge in [0.15, 0.2) is 5.69 Å². The molecule has 4 rings (SSSR count). The SMILES string of the molecule is CC1(C)C[C@H]2C[C@](C)(CN2C(=O)c2cc(C3CC3)on2)C1. The van der Waals surface area contributed by atoms with Gasteiger partial charge in [0, 0.05) is 24.6 Å². The van der Waals surface area contributed by atoms with Gasteiger partial charge in [-0.2, -0.15) is 0 Å². The molecule has 0 aromatic carbocycles. The average Bonchev–Trinajstić information content (AvgIpc) is 3.04. The molecule has 2 bridgehead atoms. The molecular weight excluding hydrogens is 264 g/mol. The highest BCUT2D eigenvalue weighted by atomic mass is 16.5. The molecule has 1 aromatic rings. The number of carbonyl (C=O) groups is 1. The Bertz CT molecular complexity index is 587. The van der Waals surface area contributed by atoms with Gasteiger partial charge < -0.3 is 9.42 Å². The zero-order chi connectivity index (χ0) is 14.8. The van der Waals surface area contributed by atoms with E-state index >= 15 is 0 Å². The van der Waals surface area contributed by atoms with Crippen molar-refractivity contribution in [2.75, 3.05) is 6.54 Å². The lowest BCUT2D eigenvalue weighted by molar-refractivity contribution is 0.0698. The summed E-state index contributed by atoms with van der Waals surface area (Å²) < 4.78 is 5.35. The van der Waals surface area contributed by atoms with E-state index in [9.17, 15) is 4.79 Å². The van der Waals surface area contributed by atoms with Crippen molar-refractivity contribution in [3.05, 3.63) is 17.5 Å². The highest BCUT2D eigenvalue weighted by molar-refractivity contribution is 5.92. The molecule has 0 unspecified atom stereocenters. The van der Waals surface area contributed by atoms with Crippen molar-refractivity contribution < 1.29 is 9.32 Å². The van der Waals surface area contributed by atoms with Crippen molar-refractivity contribution in [3.63, 3.8) is 0 Å². The van der Waals surface area contributed by atoms with E-state index in [-0.39, 0.29) is 11.3 Å². The molecule has 2 saturated carbocycles. The van der Waals surface area contributed by atoms with Gasteiger partial charge >= 0.3 is 0 Å². The van der Waals surface area contributed by atoms with E-state index in [1.165, 1.54) is 19.3 Å². The van der Waals surface area contributed by atoms with Crippen LogP contribution in [0.1, 0.15) is 75.0 Å². The van der Waals surface area contributed by atoms with E-state index in [0.29, 0.717) is 23.1 Å². The molecule has 1 aromatic heterocycles. The fraction of sp³-hybridized carbons (Fsp3) is 0.765. The third-order valence-electron chi connectivity index (χ3n) is 5.40. The minimum absolute atomic E-state index is 0.0667. The molecule has 1 amide bonds. The molecule has 3 fully saturated rings. The molecule has 2 heterocycles. The van der Waals surface area contributed by atoms with Crippen LogP contribution in [0.5, 0.6) is 0 Å². The largest absolute Gasteiger partial charge is 0.360 e. The Labute approximate surface area is 125 Å². The predicted octanol–water partition coefficient (Wildman–Crippen LogP) is 3.59. The number of hydrogen-bond acceptors (Lipinski definition) is 3. The zero-order valence-corrected chi connectivity index (χ0v) is 13.2. The maximum Gasteiger partial charge on any atom is 0.276 e. The molecule has 114 valence electrons. The summed E-state index contributed by atoms with van der Waals surface area (Å²) in [7, 11) is 0. The van der Waals surface area contributed by atoms with Gasteiger partial charge in [0.05, 0.1) is 0 Å². The lowest BCUT2D eigenvalue weighted by atomic mass is 9.65. The first-order valence-electron chi connectivity index (χ1n) is 8.13. The molecule has 21 heavy (non-hydrogen) atoms. The Morgan fingerprint density at radius 1 is 1.33 bits per heavy atom. The maximum absolute atomic E-state index is 12.8. The molecular formula is C17H24N2O2. The molecule has 4 heteroatoms. The van der Waals surface area contributed by atoms with Crippen LogP contribution in [-0.2, 0) is 0 Å². The van der Waals surface area contributed by atoms with Gasteiger partial charge in [-0.05, 0) is 42.9 Å². The number of hydrogen-bond donors (Lipinski definition) is 0. The fourth-order valence-electron chi connectivity index (χ4n) is 4.79. The van der Waals surface area contributed by atoms with Crippen molar-refractivity contribution in [2.24, 2.45) is 10.8 Å². The van der Waals surface area contributed by atoms with Crippen molar-refractivity contribution in [1.82, 2.24) is 10.1 Å². The van der Waals surface area contributed by atoms with Crippen LogP contribution in [0.25, 0.3) is 0 Å². The molecule has 0 N–H and O–H groups in total. The van der Waals surface area contributed by atoms with Gasteiger partial charge in [-0.15, -0.1) is 0 Å². The van der Waals surface area contributed by atoms with Crippen LogP contribution in [0.15, 0.2) is 10.6 Å². The summed E-state index contributed by atoms with van der Waals surface area (Å²) in [6, 6.07) is 2.24. The Morgan fingerprint density at radius 2 is 2.10 bits per heavy atom. The monoisotopic (exact) mass is 288 g/mol. The van der Waals surface area contributed by atoms with E-state index in [2.05, 4.69) is 30.8 Å². The summed E-state index contributed by atoms with van der Waals surface area (Å²) in [5.74, 6) is 1.47. The van der Waals surface area contributed by atoms with Crippen LogP contribution < -0.4 is 0 Å². The number of amides is 1. The Kier molecular flexibility index (Phi) is 2.61. The zero-order valence-electron chi connectivity index (χ0n) is 13.2. The molecule has 2 atom stereocenters. The van der Waals surface area contributed by atoms with Crippen molar-refractivity contribution in [2.45, 2.75) is 64.8 Å². The second-order valence-corrected chi connectivity index (χ2v) is 8.54. The van der Waals surface area contributed by atoms with Gasteiger partial charge in [0.1, 0.15) is 5.76 Å². The Hall–Kier alpha value is -1.32. The predicted molar refractivity (Wildman–Crippen MR) is 79.0 cm³/mol. The highest BCUT2D eigenvalue weighted by Gasteiger charge is 2.51. The molecule has 0 spiro atoms. The molecule has 3 aliphatic rings. The summed E-state index contributed by atoms with van der Waals surface area (Å²) in [4.78, 5) is 14.9. The second-order valence-electron chi connectivity index (χ2n) is 8.54. The van der Waals surface area contributed by atoms with Gasteiger partial charge in [0.2, 0.25) is 0 Å². The van der Waals surface area contributed by atoms with Gasteiger partial charge in [-0.1, -0.05) is 25.9 Å². The van der Waals surface area contributed by atoms with E-state index in [1.54, 1.807) is 0 Å². The minimum Gasteiger partial charge on any atom is -0.360 e. The first kappa shape index (κ1) is 13.4. The van der Waals surface area contributed by atoms with E-state index < -0.39 is 0 Å². The average molecular weight is 288 g/mol. The van der Waals surface area contributed by atoms with Crippen LogP contribution in [0, 0.1) is 10.8 Å². The summed E-state index contributed by atoms with van der Waals surface area (Å²) in [5.41, 5.74) is 1.10. The highest BCUT2D eigenvalue weighted by Crippen LogP contribution is 2.52. The van der Waals surface area contributed by atoms with E-state index in [1.807, 2.05) is 6.07 Å². The molecule has 0 radical (unpaired) electrons. The normalized spacial score (nSPS) is 34.2. The van der Waals surface area contributed by atoms with Crippen molar-refractivity contribution >= 4 is 5.91 Å². The third kappa shape index (κ3) is 2.29. The van der Waals surface area contributed by atoms with Gasteiger partial charge in [0.25, 0.3) is 5.91 Å². The van der Waals surface area contributed by atoms with E-state index in [0.717, 1.165) is 25.1 Å². The number of fused-ring (bicyclic) bond motifs is 2. The van der Waals surface area contributed by atoms with Crippen LogP contribution in [0.4, 0.5) is 0 Å². The Balaban J connectivity index is 1.57. The molecule has 4 nitrogen and oxygen atoms in total. The van der Waals surface area contributed by atoms with Crippen molar-refractivity contribution in [3.8, 4) is 0 Å². The number of carbonyl (C=O) groups excluding carboxylic acids is 1. The number of nitrogens with zero attached hydrogens (tertiary/aromatic N) is 2. The topological polar surface area (TPSA) is 46.3 Å². The summed E-state index contributed by atoms with van der Waals surface area (Å²) in [5, 5.41) is 4.03. The lowest BCUT2D eigenvalue weighted by Gasteiger charge is -2.39. The summed E-state index contributed by atoms with van der Waals surface area (Å²) in [6.07, 6.45) is 5.77. The van der Waals surface area contributed by atoms with Crippen LogP contribution in [0.2, 0.25) is 0 Å². The molecule has 2 aliphatic carbocycles. The second kappa shape index (κ2) is 4.11. The number of likely N-dealkylation sites (tertiary alicyclic amines) is 1. The van der Waals surface area contributed by atoms with Crippen LogP contribution >= 0.6 is 0 Å². The number of aromatic nitrogens is 1. The molecule has 1 aliphatic heterocycles. The quantitative estimate of drug-likeness (QED) is 0.835. The minimum atomic E-state index is 0.0667. The lowest BCUT2D eigenvalue weighted by Crippen LogP contribution is -2.37.